The van der Waals surface area contributed by atoms with Crippen LogP contribution in [-0.2, 0) is 14.9 Å². The molecule has 1 aromatic rings. The van der Waals surface area contributed by atoms with Gasteiger partial charge in [0, 0.05) is 51.2 Å². The molecule has 0 aromatic heterocycles. The molecular weight excluding hydrogens is 340 g/mol. The van der Waals surface area contributed by atoms with E-state index < -0.39 is 0 Å². The Morgan fingerprint density at radius 3 is 2.41 bits per heavy atom. The second kappa shape index (κ2) is 9.07. The molecule has 2 saturated heterocycles. The monoisotopic (exact) mass is 374 g/mol. The van der Waals surface area contributed by atoms with Crippen LogP contribution >= 0.6 is 0 Å². The fourth-order valence-electron chi connectivity index (χ4n) is 4.21. The van der Waals surface area contributed by atoms with Gasteiger partial charge in [0.15, 0.2) is 0 Å². The van der Waals surface area contributed by atoms with Crippen LogP contribution in [0.2, 0.25) is 0 Å². The van der Waals surface area contributed by atoms with E-state index in [0.717, 1.165) is 57.7 Å². The number of piperidine rings is 1. The zero-order chi connectivity index (χ0) is 19.3. The minimum absolute atomic E-state index is 0.0218. The molecule has 1 amide bonds. The Morgan fingerprint density at radius 1 is 1.22 bits per heavy atom. The van der Waals surface area contributed by atoms with E-state index in [1.54, 1.807) is 6.92 Å². The minimum Gasteiger partial charge on any atom is -0.490 e. The van der Waals surface area contributed by atoms with Crippen molar-refractivity contribution in [3.63, 3.8) is 0 Å². The summed E-state index contributed by atoms with van der Waals surface area (Å²) in [5.74, 6) is 0.969. The lowest BCUT2D eigenvalue weighted by atomic mass is 9.74. The fraction of sp³-hybridized carbons (Fsp3) is 0.682. The van der Waals surface area contributed by atoms with Gasteiger partial charge >= 0.3 is 0 Å². The van der Waals surface area contributed by atoms with E-state index in [4.69, 9.17) is 9.47 Å². The van der Waals surface area contributed by atoms with Crippen LogP contribution in [-0.4, -0.2) is 55.8 Å². The lowest BCUT2D eigenvalue weighted by Gasteiger charge is -2.38. The van der Waals surface area contributed by atoms with Crippen LogP contribution in [0, 0.1) is 0 Å². The third kappa shape index (κ3) is 5.23. The van der Waals surface area contributed by atoms with Crippen molar-refractivity contribution in [1.82, 2.24) is 10.2 Å². The molecule has 0 spiro atoms. The number of rotatable bonds is 6. The average molecular weight is 375 g/mol. The van der Waals surface area contributed by atoms with Crippen molar-refractivity contribution in [2.24, 2.45) is 0 Å². The van der Waals surface area contributed by atoms with Crippen LogP contribution < -0.4 is 10.1 Å². The number of likely N-dealkylation sites (tertiary alicyclic amines) is 1. The molecule has 0 aliphatic carbocycles. The summed E-state index contributed by atoms with van der Waals surface area (Å²) in [6, 6.07) is 9.14. The fourth-order valence-corrected chi connectivity index (χ4v) is 4.21. The number of carbonyl (C=O) groups excluding carboxylic acids is 1. The maximum atomic E-state index is 11.4. The van der Waals surface area contributed by atoms with Crippen LogP contribution in [0.15, 0.2) is 24.3 Å². The van der Waals surface area contributed by atoms with Crippen molar-refractivity contribution in [2.75, 3.05) is 32.8 Å². The van der Waals surface area contributed by atoms with Gasteiger partial charge in [-0.05, 0) is 57.2 Å². The molecule has 3 rings (SSSR count). The summed E-state index contributed by atoms with van der Waals surface area (Å²) < 4.78 is 11.8. The first-order valence-electron chi connectivity index (χ1n) is 10.3. The summed E-state index contributed by atoms with van der Waals surface area (Å²) in [6.07, 6.45) is 4.35. The van der Waals surface area contributed by atoms with Gasteiger partial charge in [0.2, 0.25) is 5.91 Å². The molecule has 27 heavy (non-hydrogen) atoms. The van der Waals surface area contributed by atoms with E-state index in [1.165, 1.54) is 5.56 Å². The van der Waals surface area contributed by atoms with Crippen molar-refractivity contribution < 1.29 is 14.3 Å². The van der Waals surface area contributed by atoms with Gasteiger partial charge in [-0.2, -0.15) is 0 Å². The molecule has 0 bridgehead atoms. The van der Waals surface area contributed by atoms with E-state index in [2.05, 4.69) is 48.3 Å². The molecular formula is C22H34N2O3. The van der Waals surface area contributed by atoms with Crippen molar-refractivity contribution in [2.45, 2.75) is 64.0 Å². The van der Waals surface area contributed by atoms with Crippen LogP contribution in [0.5, 0.6) is 5.75 Å². The maximum absolute atomic E-state index is 11.4. The van der Waals surface area contributed by atoms with Gasteiger partial charge in [0.1, 0.15) is 11.9 Å². The maximum Gasteiger partial charge on any atom is 0.216 e. The smallest absolute Gasteiger partial charge is 0.216 e. The molecule has 0 atom stereocenters. The van der Waals surface area contributed by atoms with Gasteiger partial charge < -0.3 is 19.7 Å². The summed E-state index contributed by atoms with van der Waals surface area (Å²) in [4.78, 5) is 13.9. The number of hydrogen-bond acceptors (Lipinski definition) is 4. The highest BCUT2D eigenvalue weighted by Crippen LogP contribution is 2.35. The largest absolute Gasteiger partial charge is 0.490 e. The predicted octanol–water partition coefficient (Wildman–Crippen LogP) is 3.12. The summed E-state index contributed by atoms with van der Waals surface area (Å²) >= 11 is 0. The van der Waals surface area contributed by atoms with Crippen molar-refractivity contribution in [3.05, 3.63) is 29.8 Å². The Kier molecular flexibility index (Phi) is 6.77. The zero-order valence-electron chi connectivity index (χ0n) is 17.0. The van der Waals surface area contributed by atoms with E-state index in [-0.39, 0.29) is 11.3 Å². The first-order chi connectivity index (χ1) is 13.0. The predicted molar refractivity (Wildman–Crippen MR) is 107 cm³/mol. The number of hydrogen-bond donors (Lipinski definition) is 1. The van der Waals surface area contributed by atoms with Crippen LogP contribution in [0.3, 0.4) is 0 Å². The highest BCUT2D eigenvalue weighted by molar-refractivity contribution is 5.73. The number of amides is 1. The number of nitrogens with one attached hydrogen (secondary N) is 1. The molecule has 0 radical (unpaired) electrons. The SMILES string of the molecule is CC(=O)NCC1(c2ccc(OC3CCN(C(C)C)CC3)cc2)CCOCC1. The number of carbonyl (C=O) groups is 1. The van der Waals surface area contributed by atoms with Gasteiger partial charge in [-0.15, -0.1) is 0 Å². The summed E-state index contributed by atoms with van der Waals surface area (Å²) in [5, 5.41) is 3.02. The standard InChI is InChI=1S/C22H34N2O3/c1-17(2)24-12-8-21(9-13-24)27-20-6-4-19(5-7-20)22(16-23-18(3)25)10-14-26-15-11-22/h4-7,17,21H,8-16H2,1-3H3,(H,23,25). The molecule has 0 saturated carbocycles. The summed E-state index contributed by atoms with van der Waals surface area (Å²) in [5.41, 5.74) is 1.23. The molecule has 2 fully saturated rings. The van der Waals surface area contributed by atoms with E-state index in [0.29, 0.717) is 18.7 Å². The van der Waals surface area contributed by atoms with Gasteiger partial charge in [0.25, 0.3) is 0 Å². The minimum atomic E-state index is -0.0367. The van der Waals surface area contributed by atoms with Gasteiger partial charge in [-0.1, -0.05) is 12.1 Å². The highest BCUT2D eigenvalue weighted by atomic mass is 16.5. The first kappa shape index (κ1) is 20.2. The molecule has 5 nitrogen and oxygen atoms in total. The van der Waals surface area contributed by atoms with E-state index >= 15 is 0 Å². The normalized spacial score (nSPS) is 21.2. The third-order valence-corrected chi connectivity index (χ3v) is 6.10. The Morgan fingerprint density at radius 2 is 1.85 bits per heavy atom. The molecule has 2 aliphatic heterocycles. The quantitative estimate of drug-likeness (QED) is 0.831. The number of nitrogens with zero attached hydrogens (tertiary/aromatic N) is 1. The summed E-state index contributed by atoms with van der Waals surface area (Å²) in [7, 11) is 0. The molecule has 5 heteroatoms. The Labute approximate surface area is 163 Å². The van der Waals surface area contributed by atoms with Crippen LogP contribution in [0.4, 0.5) is 0 Å². The van der Waals surface area contributed by atoms with Gasteiger partial charge in [-0.3, -0.25) is 4.79 Å². The lowest BCUT2D eigenvalue weighted by molar-refractivity contribution is -0.119. The number of ether oxygens (including phenoxy) is 2. The lowest BCUT2D eigenvalue weighted by Crippen LogP contribution is -2.44. The van der Waals surface area contributed by atoms with Crippen molar-refractivity contribution in [3.8, 4) is 5.75 Å². The van der Waals surface area contributed by atoms with Gasteiger partial charge in [0.05, 0.1) is 0 Å². The van der Waals surface area contributed by atoms with Crippen LogP contribution in [0.1, 0.15) is 52.0 Å². The second-order valence-corrected chi connectivity index (χ2v) is 8.27. The molecule has 150 valence electrons. The van der Waals surface area contributed by atoms with Gasteiger partial charge in [-0.25, -0.2) is 0 Å². The Hall–Kier alpha value is -1.59. The van der Waals surface area contributed by atoms with Crippen molar-refractivity contribution >= 4 is 5.91 Å². The molecule has 1 N–H and O–H groups in total. The van der Waals surface area contributed by atoms with E-state index in [1.807, 2.05) is 0 Å². The third-order valence-electron chi connectivity index (χ3n) is 6.10. The highest BCUT2D eigenvalue weighted by Gasteiger charge is 2.34. The van der Waals surface area contributed by atoms with E-state index in [9.17, 15) is 4.79 Å². The second-order valence-electron chi connectivity index (χ2n) is 8.27. The zero-order valence-corrected chi connectivity index (χ0v) is 17.0. The molecule has 1 aromatic carbocycles. The van der Waals surface area contributed by atoms with Crippen LogP contribution in [0.25, 0.3) is 0 Å². The molecule has 2 heterocycles. The summed E-state index contributed by atoms with van der Waals surface area (Å²) in [6.45, 7) is 10.5. The topological polar surface area (TPSA) is 50.8 Å². The molecule has 0 unspecified atom stereocenters. The first-order valence-corrected chi connectivity index (χ1v) is 10.3. The number of benzene rings is 1. The van der Waals surface area contributed by atoms with Crippen molar-refractivity contribution in [1.29, 1.82) is 0 Å². The average Bonchev–Trinajstić information content (AvgIpc) is 2.68. The Balaban J connectivity index is 1.62. The Bertz CT molecular complexity index is 600. The molecule has 2 aliphatic rings.